The van der Waals surface area contributed by atoms with Crippen molar-refractivity contribution in [1.29, 1.82) is 0 Å². The molecule has 0 bridgehead atoms. The summed E-state index contributed by atoms with van der Waals surface area (Å²) in [6.07, 6.45) is 16.2. The normalized spacial score (nSPS) is 22.1. The molecule has 2 nitrogen and oxygen atoms in total. The van der Waals surface area contributed by atoms with Crippen molar-refractivity contribution in [2.45, 2.75) is 103 Å². The van der Waals surface area contributed by atoms with Crippen molar-refractivity contribution >= 4 is 5.91 Å². The van der Waals surface area contributed by atoms with Crippen LogP contribution in [0.3, 0.4) is 0 Å². The van der Waals surface area contributed by atoms with Crippen molar-refractivity contribution in [3.63, 3.8) is 0 Å². The molecule has 0 aromatic carbocycles. The third-order valence-electron chi connectivity index (χ3n) is 4.57. The number of carbonyl (C=O) groups excluding carboxylic acids is 1. The zero-order valence-electron chi connectivity index (χ0n) is 13.8. The standard InChI is InChI=1S/C18H35NO/c1-3-4-5-6-7-8-9-10-11-12-18(20)19-17-14-13-16(2)15-17/h16-17H,3-15H2,1-2H3,(H,19,20). The molecule has 0 saturated heterocycles. The van der Waals surface area contributed by atoms with Gasteiger partial charge in [-0.2, -0.15) is 0 Å². The first kappa shape index (κ1) is 17.5. The van der Waals surface area contributed by atoms with E-state index in [1.165, 1.54) is 70.6 Å². The molecule has 0 aromatic heterocycles. The molecule has 118 valence electrons. The van der Waals surface area contributed by atoms with E-state index in [1.807, 2.05) is 0 Å². The Kier molecular flexibility index (Phi) is 9.78. The van der Waals surface area contributed by atoms with Gasteiger partial charge in [-0.3, -0.25) is 4.79 Å². The molecule has 0 radical (unpaired) electrons. The molecule has 0 heterocycles. The van der Waals surface area contributed by atoms with Gasteiger partial charge in [-0.1, -0.05) is 65.2 Å². The average Bonchev–Trinajstić information content (AvgIpc) is 2.82. The highest BCUT2D eigenvalue weighted by Crippen LogP contribution is 2.24. The molecule has 1 aliphatic carbocycles. The van der Waals surface area contributed by atoms with E-state index in [-0.39, 0.29) is 5.91 Å². The zero-order valence-corrected chi connectivity index (χ0v) is 13.8. The number of unbranched alkanes of at least 4 members (excludes halogenated alkanes) is 8. The number of rotatable bonds is 11. The topological polar surface area (TPSA) is 29.1 Å². The fourth-order valence-electron chi connectivity index (χ4n) is 3.23. The van der Waals surface area contributed by atoms with Crippen molar-refractivity contribution in [3.05, 3.63) is 0 Å². The molecule has 0 aromatic rings. The minimum Gasteiger partial charge on any atom is -0.353 e. The van der Waals surface area contributed by atoms with Gasteiger partial charge in [-0.15, -0.1) is 0 Å². The maximum Gasteiger partial charge on any atom is 0.220 e. The van der Waals surface area contributed by atoms with Gasteiger partial charge in [0.05, 0.1) is 0 Å². The van der Waals surface area contributed by atoms with Crippen LogP contribution in [0.2, 0.25) is 0 Å². The number of nitrogens with one attached hydrogen (secondary N) is 1. The predicted octanol–water partition coefficient (Wildman–Crippen LogP) is 5.21. The minimum atomic E-state index is 0.284. The van der Waals surface area contributed by atoms with Crippen molar-refractivity contribution in [2.75, 3.05) is 0 Å². The van der Waals surface area contributed by atoms with Crippen LogP contribution in [-0.4, -0.2) is 11.9 Å². The summed E-state index contributed by atoms with van der Waals surface area (Å²) in [5.74, 6) is 1.08. The van der Waals surface area contributed by atoms with Crippen LogP contribution in [0, 0.1) is 5.92 Å². The Balaban J connectivity index is 1.84. The molecule has 1 aliphatic rings. The molecule has 1 rings (SSSR count). The summed E-state index contributed by atoms with van der Waals surface area (Å²) in [6, 6.07) is 0.469. The molecule has 20 heavy (non-hydrogen) atoms. The van der Waals surface area contributed by atoms with Gasteiger partial charge in [0.25, 0.3) is 0 Å². The van der Waals surface area contributed by atoms with E-state index in [9.17, 15) is 4.79 Å². The minimum absolute atomic E-state index is 0.284. The van der Waals surface area contributed by atoms with Crippen molar-refractivity contribution < 1.29 is 4.79 Å². The second kappa shape index (κ2) is 11.2. The summed E-state index contributed by atoms with van der Waals surface area (Å²) in [7, 11) is 0. The van der Waals surface area contributed by atoms with Gasteiger partial charge in [-0.25, -0.2) is 0 Å². The van der Waals surface area contributed by atoms with Gasteiger partial charge in [-0.05, 0) is 31.6 Å². The third kappa shape index (κ3) is 8.60. The van der Waals surface area contributed by atoms with Crippen LogP contribution < -0.4 is 5.32 Å². The van der Waals surface area contributed by atoms with Crippen LogP contribution in [0.5, 0.6) is 0 Å². The van der Waals surface area contributed by atoms with Crippen LogP contribution in [0.1, 0.15) is 97.3 Å². The van der Waals surface area contributed by atoms with Gasteiger partial charge in [0, 0.05) is 12.5 Å². The van der Waals surface area contributed by atoms with Gasteiger partial charge in [0.15, 0.2) is 0 Å². The smallest absolute Gasteiger partial charge is 0.220 e. The Morgan fingerprint density at radius 1 is 0.950 bits per heavy atom. The summed E-state index contributed by atoms with van der Waals surface area (Å²) in [5.41, 5.74) is 0. The summed E-state index contributed by atoms with van der Waals surface area (Å²) in [6.45, 7) is 4.55. The first-order valence-electron chi connectivity index (χ1n) is 9.01. The highest BCUT2D eigenvalue weighted by Gasteiger charge is 2.22. The first-order valence-corrected chi connectivity index (χ1v) is 9.01. The number of carbonyl (C=O) groups is 1. The summed E-state index contributed by atoms with van der Waals surface area (Å²) in [5, 5.41) is 3.20. The number of hydrogen-bond acceptors (Lipinski definition) is 1. The van der Waals surface area contributed by atoms with Crippen molar-refractivity contribution in [1.82, 2.24) is 5.32 Å². The monoisotopic (exact) mass is 281 g/mol. The Morgan fingerprint density at radius 2 is 1.55 bits per heavy atom. The van der Waals surface area contributed by atoms with Gasteiger partial charge in [0.1, 0.15) is 0 Å². The molecule has 1 N–H and O–H groups in total. The van der Waals surface area contributed by atoms with E-state index in [0.29, 0.717) is 6.04 Å². The third-order valence-corrected chi connectivity index (χ3v) is 4.57. The average molecular weight is 281 g/mol. The lowest BCUT2D eigenvalue weighted by molar-refractivity contribution is -0.121. The lowest BCUT2D eigenvalue weighted by atomic mass is 10.1. The second-order valence-electron chi connectivity index (χ2n) is 6.76. The Bertz CT molecular complexity index is 252. The molecule has 2 unspecified atom stereocenters. The molecule has 0 aliphatic heterocycles. The molecule has 1 amide bonds. The lowest BCUT2D eigenvalue weighted by Crippen LogP contribution is -2.32. The summed E-state index contributed by atoms with van der Waals surface area (Å²) >= 11 is 0. The first-order chi connectivity index (χ1) is 9.72. The molecule has 1 fully saturated rings. The Morgan fingerprint density at radius 3 is 2.10 bits per heavy atom. The van der Waals surface area contributed by atoms with Gasteiger partial charge >= 0.3 is 0 Å². The van der Waals surface area contributed by atoms with Crippen LogP contribution in [-0.2, 0) is 4.79 Å². The fourth-order valence-corrected chi connectivity index (χ4v) is 3.23. The maximum atomic E-state index is 11.8. The largest absolute Gasteiger partial charge is 0.353 e. The zero-order chi connectivity index (χ0) is 14.6. The van der Waals surface area contributed by atoms with E-state index in [0.717, 1.165) is 18.8 Å². The fraction of sp³-hybridized carbons (Fsp3) is 0.944. The van der Waals surface area contributed by atoms with E-state index in [1.54, 1.807) is 0 Å². The Labute approximate surface area is 126 Å². The van der Waals surface area contributed by atoms with E-state index in [2.05, 4.69) is 19.2 Å². The second-order valence-corrected chi connectivity index (χ2v) is 6.76. The molecule has 2 atom stereocenters. The SMILES string of the molecule is CCCCCCCCCCCC(=O)NC1CCC(C)C1. The van der Waals surface area contributed by atoms with Crippen molar-refractivity contribution in [2.24, 2.45) is 5.92 Å². The number of hydrogen-bond donors (Lipinski definition) is 1. The van der Waals surface area contributed by atoms with E-state index in [4.69, 9.17) is 0 Å². The summed E-state index contributed by atoms with van der Waals surface area (Å²) in [4.78, 5) is 11.8. The molecular formula is C18H35NO. The highest BCUT2D eigenvalue weighted by molar-refractivity contribution is 5.76. The van der Waals surface area contributed by atoms with Crippen LogP contribution in [0.15, 0.2) is 0 Å². The lowest BCUT2D eigenvalue weighted by Gasteiger charge is -2.12. The molecule has 2 heteroatoms. The summed E-state index contributed by atoms with van der Waals surface area (Å²) < 4.78 is 0. The molecular weight excluding hydrogens is 246 g/mol. The van der Waals surface area contributed by atoms with Crippen LogP contribution in [0.4, 0.5) is 0 Å². The number of amides is 1. The quantitative estimate of drug-likeness (QED) is 0.517. The van der Waals surface area contributed by atoms with Crippen LogP contribution >= 0.6 is 0 Å². The van der Waals surface area contributed by atoms with E-state index < -0.39 is 0 Å². The predicted molar refractivity (Wildman–Crippen MR) is 86.8 cm³/mol. The maximum absolute atomic E-state index is 11.8. The highest BCUT2D eigenvalue weighted by atomic mass is 16.1. The Hall–Kier alpha value is -0.530. The molecule has 1 saturated carbocycles. The van der Waals surface area contributed by atoms with E-state index >= 15 is 0 Å². The van der Waals surface area contributed by atoms with Gasteiger partial charge < -0.3 is 5.32 Å². The van der Waals surface area contributed by atoms with Gasteiger partial charge in [0.2, 0.25) is 5.91 Å². The van der Waals surface area contributed by atoms with Crippen LogP contribution in [0.25, 0.3) is 0 Å². The van der Waals surface area contributed by atoms with Crippen molar-refractivity contribution in [3.8, 4) is 0 Å². The molecule has 0 spiro atoms.